The van der Waals surface area contributed by atoms with Gasteiger partial charge in [0, 0.05) is 10.6 Å². The highest BCUT2D eigenvalue weighted by atomic mass is 35.5. The van der Waals surface area contributed by atoms with E-state index < -0.39 is 0 Å². The number of hydrogen-bond acceptors (Lipinski definition) is 3. The number of hydrogen-bond donors (Lipinski definition) is 1. The van der Waals surface area contributed by atoms with Gasteiger partial charge in [0.25, 0.3) is 0 Å². The molecule has 0 amide bonds. The number of halogens is 1. The molecule has 0 aliphatic carbocycles. The van der Waals surface area contributed by atoms with E-state index >= 15 is 0 Å². The number of aromatic nitrogens is 1. The van der Waals surface area contributed by atoms with Gasteiger partial charge in [-0.2, -0.15) is 0 Å². The van der Waals surface area contributed by atoms with Crippen molar-refractivity contribution in [1.29, 1.82) is 0 Å². The van der Waals surface area contributed by atoms with Crippen molar-refractivity contribution in [3.63, 3.8) is 0 Å². The molecule has 0 saturated heterocycles. The Hall–Kier alpha value is -1.74. The molecule has 4 heteroatoms. The Morgan fingerprint density at radius 3 is 2.56 bits per heavy atom. The quantitative estimate of drug-likeness (QED) is 0.866. The third kappa shape index (κ3) is 2.44. The molecule has 1 heterocycles. The van der Waals surface area contributed by atoms with Gasteiger partial charge in [0.05, 0.1) is 11.9 Å². The fourth-order valence-corrected chi connectivity index (χ4v) is 1.43. The van der Waals surface area contributed by atoms with Crippen molar-refractivity contribution in [2.45, 2.75) is 6.92 Å². The normalized spacial score (nSPS) is 10.1. The summed E-state index contributed by atoms with van der Waals surface area (Å²) in [4.78, 5) is 4.12. The molecule has 2 aromatic rings. The predicted octanol–water partition coefficient (Wildman–Crippen LogP) is 3.42. The van der Waals surface area contributed by atoms with E-state index in [-0.39, 0.29) is 0 Å². The van der Waals surface area contributed by atoms with Crippen LogP contribution in [0.4, 0.5) is 5.69 Å². The van der Waals surface area contributed by atoms with Crippen molar-refractivity contribution in [2.75, 3.05) is 5.73 Å². The van der Waals surface area contributed by atoms with Gasteiger partial charge in [-0.05, 0) is 37.3 Å². The van der Waals surface area contributed by atoms with Crippen LogP contribution >= 0.6 is 11.6 Å². The highest BCUT2D eigenvalue weighted by Crippen LogP contribution is 2.24. The third-order valence-electron chi connectivity index (χ3n) is 2.08. The number of anilines is 1. The largest absolute Gasteiger partial charge is 0.439 e. The third-order valence-corrected chi connectivity index (χ3v) is 2.33. The fraction of sp³-hybridized carbons (Fsp3) is 0.0833. The molecule has 2 N–H and O–H groups in total. The van der Waals surface area contributed by atoms with E-state index in [2.05, 4.69) is 4.98 Å². The lowest BCUT2D eigenvalue weighted by atomic mass is 10.3. The van der Waals surface area contributed by atoms with Crippen LogP contribution in [0.3, 0.4) is 0 Å². The zero-order valence-electron chi connectivity index (χ0n) is 8.77. The Morgan fingerprint density at radius 2 is 1.94 bits per heavy atom. The minimum Gasteiger partial charge on any atom is -0.439 e. The summed E-state index contributed by atoms with van der Waals surface area (Å²) in [6.45, 7) is 1.90. The molecule has 0 atom stereocenters. The van der Waals surface area contributed by atoms with Crippen LogP contribution in [0.1, 0.15) is 5.56 Å². The van der Waals surface area contributed by atoms with Crippen LogP contribution in [0.5, 0.6) is 11.6 Å². The number of rotatable bonds is 2. The summed E-state index contributed by atoms with van der Waals surface area (Å²) in [5, 5.41) is 0.675. The summed E-state index contributed by atoms with van der Waals surface area (Å²) in [5.74, 6) is 1.25. The van der Waals surface area contributed by atoms with E-state index in [9.17, 15) is 0 Å². The van der Waals surface area contributed by atoms with Gasteiger partial charge in [-0.3, -0.25) is 0 Å². The Morgan fingerprint density at radius 1 is 1.25 bits per heavy atom. The maximum absolute atomic E-state index is 5.78. The van der Waals surface area contributed by atoms with Gasteiger partial charge in [0.15, 0.2) is 0 Å². The predicted molar refractivity (Wildman–Crippen MR) is 64.9 cm³/mol. The molecule has 1 aromatic heterocycles. The molecular formula is C12H11ClN2O. The van der Waals surface area contributed by atoms with E-state index in [1.807, 2.05) is 13.0 Å². The number of nitrogen functional groups attached to an aromatic ring is 1. The SMILES string of the molecule is Cc1cc(N)cnc1Oc1ccc(Cl)cc1. The number of benzene rings is 1. The first-order valence-corrected chi connectivity index (χ1v) is 5.18. The van der Waals surface area contributed by atoms with Crippen LogP contribution in [0.15, 0.2) is 36.5 Å². The second-order valence-corrected chi connectivity index (χ2v) is 3.88. The van der Waals surface area contributed by atoms with E-state index in [0.717, 1.165) is 5.56 Å². The molecular weight excluding hydrogens is 224 g/mol. The number of pyridine rings is 1. The average Bonchev–Trinajstić information content (AvgIpc) is 2.25. The van der Waals surface area contributed by atoms with Crippen molar-refractivity contribution in [2.24, 2.45) is 0 Å². The minimum atomic E-state index is 0.552. The van der Waals surface area contributed by atoms with Gasteiger partial charge in [-0.25, -0.2) is 4.98 Å². The van der Waals surface area contributed by atoms with Crippen LogP contribution < -0.4 is 10.5 Å². The standard InChI is InChI=1S/C12H11ClN2O/c1-8-6-10(14)7-15-12(8)16-11-4-2-9(13)3-5-11/h2-7H,14H2,1H3. The number of nitrogens with zero attached hydrogens (tertiary/aromatic N) is 1. The first-order chi connectivity index (χ1) is 7.65. The maximum atomic E-state index is 5.78. The van der Waals surface area contributed by atoms with Crippen molar-refractivity contribution in [1.82, 2.24) is 4.98 Å². The molecule has 0 saturated carbocycles. The molecule has 0 aliphatic rings. The molecule has 1 aromatic carbocycles. The Labute approximate surface area is 98.8 Å². The summed E-state index contributed by atoms with van der Waals surface area (Å²) in [6, 6.07) is 8.94. The van der Waals surface area contributed by atoms with Crippen LogP contribution in [0.25, 0.3) is 0 Å². The molecule has 0 unspecified atom stereocenters. The molecule has 16 heavy (non-hydrogen) atoms. The summed E-state index contributed by atoms with van der Waals surface area (Å²) in [7, 11) is 0. The average molecular weight is 235 g/mol. The lowest BCUT2D eigenvalue weighted by molar-refractivity contribution is 0.459. The molecule has 82 valence electrons. The summed E-state index contributed by atoms with van der Waals surface area (Å²) >= 11 is 5.78. The highest BCUT2D eigenvalue weighted by Gasteiger charge is 2.03. The Balaban J connectivity index is 2.23. The number of nitrogens with two attached hydrogens (primary N) is 1. The van der Waals surface area contributed by atoms with Crippen LogP contribution in [-0.2, 0) is 0 Å². The van der Waals surface area contributed by atoms with Crippen LogP contribution in [-0.4, -0.2) is 4.98 Å². The summed E-state index contributed by atoms with van der Waals surface area (Å²) in [6.07, 6.45) is 1.57. The molecule has 0 spiro atoms. The van der Waals surface area contributed by atoms with Gasteiger partial charge >= 0.3 is 0 Å². The van der Waals surface area contributed by atoms with E-state index in [4.69, 9.17) is 22.1 Å². The van der Waals surface area contributed by atoms with Gasteiger partial charge in [-0.15, -0.1) is 0 Å². The number of ether oxygens (including phenoxy) is 1. The van der Waals surface area contributed by atoms with Crippen LogP contribution in [0.2, 0.25) is 5.02 Å². The van der Waals surface area contributed by atoms with E-state index in [1.54, 1.807) is 30.5 Å². The molecule has 0 fully saturated rings. The van der Waals surface area contributed by atoms with E-state index in [0.29, 0.717) is 22.3 Å². The van der Waals surface area contributed by atoms with Gasteiger partial charge in [0.2, 0.25) is 5.88 Å². The zero-order valence-corrected chi connectivity index (χ0v) is 9.53. The van der Waals surface area contributed by atoms with Gasteiger partial charge in [0.1, 0.15) is 5.75 Å². The van der Waals surface area contributed by atoms with E-state index in [1.165, 1.54) is 0 Å². The molecule has 2 rings (SSSR count). The first kappa shape index (κ1) is 10.8. The lowest BCUT2D eigenvalue weighted by Gasteiger charge is -2.07. The van der Waals surface area contributed by atoms with Crippen molar-refractivity contribution < 1.29 is 4.74 Å². The van der Waals surface area contributed by atoms with Gasteiger partial charge < -0.3 is 10.5 Å². The van der Waals surface area contributed by atoms with Crippen molar-refractivity contribution in [3.8, 4) is 11.6 Å². The second kappa shape index (κ2) is 4.41. The molecule has 0 radical (unpaired) electrons. The summed E-state index contributed by atoms with van der Waals surface area (Å²) < 4.78 is 5.59. The fourth-order valence-electron chi connectivity index (χ4n) is 1.31. The molecule has 0 bridgehead atoms. The van der Waals surface area contributed by atoms with Crippen LogP contribution in [0, 0.1) is 6.92 Å². The topological polar surface area (TPSA) is 48.1 Å². The lowest BCUT2D eigenvalue weighted by Crippen LogP contribution is -1.93. The molecule has 3 nitrogen and oxygen atoms in total. The maximum Gasteiger partial charge on any atom is 0.222 e. The van der Waals surface area contributed by atoms with Gasteiger partial charge in [-0.1, -0.05) is 11.6 Å². The second-order valence-electron chi connectivity index (χ2n) is 3.45. The summed E-state index contributed by atoms with van der Waals surface area (Å²) in [5.41, 5.74) is 7.13. The Bertz CT molecular complexity index is 497. The Kier molecular flexibility index (Phi) is 2.97. The highest BCUT2D eigenvalue weighted by molar-refractivity contribution is 6.30. The minimum absolute atomic E-state index is 0.552. The zero-order chi connectivity index (χ0) is 11.5. The number of aryl methyl sites for hydroxylation is 1. The monoisotopic (exact) mass is 234 g/mol. The van der Waals surface area contributed by atoms with Crippen molar-refractivity contribution in [3.05, 3.63) is 47.1 Å². The van der Waals surface area contributed by atoms with Crippen molar-refractivity contribution >= 4 is 17.3 Å². The molecule has 0 aliphatic heterocycles. The first-order valence-electron chi connectivity index (χ1n) is 4.81. The smallest absolute Gasteiger partial charge is 0.222 e.